The summed E-state index contributed by atoms with van der Waals surface area (Å²) in [5.41, 5.74) is 0.961. The quantitative estimate of drug-likeness (QED) is 0.882. The first kappa shape index (κ1) is 11.2. The third-order valence-corrected chi connectivity index (χ3v) is 3.56. The molecule has 1 aliphatic carbocycles. The highest BCUT2D eigenvalue weighted by molar-refractivity contribution is 5.87. The van der Waals surface area contributed by atoms with E-state index in [0.29, 0.717) is 5.92 Å². The zero-order valence-electron chi connectivity index (χ0n) is 10.0. The van der Waals surface area contributed by atoms with Crippen LogP contribution in [0.25, 0.3) is 5.65 Å². The molecule has 1 N–H and O–H groups in total. The first-order valence-corrected chi connectivity index (χ1v) is 6.33. The van der Waals surface area contributed by atoms with Gasteiger partial charge in [0.25, 0.3) is 0 Å². The highest BCUT2D eigenvalue weighted by atomic mass is 16.4. The molecule has 0 spiro atoms. The van der Waals surface area contributed by atoms with Crippen LogP contribution in [0.1, 0.15) is 54.2 Å². The van der Waals surface area contributed by atoms with E-state index in [0.717, 1.165) is 24.3 Å². The van der Waals surface area contributed by atoms with Crippen molar-refractivity contribution < 1.29 is 9.90 Å². The Kier molecular flexibility index (Phi) is 2.74. The standard InChI is InChI=1S/C13H15N3O2/c17-13(18)10-6-7-11-14-12(15-16(11)8-10)9-4-2-1-3-5-9/h6-9H,1-5H2,(H,17,18). The predicted molar refractivity (Wildman–Crippen MR) is 65.8 cm³/mol. The summed E-state index contributed by atoms with van der Waals surface area (Å²) in [5, 5.41) is 13.4. The van der Waals surface area contributed by atoms with E-state index in [1.165, 1.54) is 25.5 Å². The minimum Gasteiger partial charge on any atom is -0.478 e. The molecule has 1 saturated carbocycles. The molecular weight excluding hydrogens is 230 g/mol. The predicted octanol–water partition coefficient (Wildman–Crippen LogP) is 2.48. The maximum Gasteiger partial charge on any atom is 0.337 e. The van der Waals surface area contributed by atoms with Crippen molar-refractivity contribution >= 4 is 11.6 Å². The number of carboxylic acid groups (broad SMARTS) is 1. The summed E-state index contributed by atoms with van der Waals surface area (Å²) in [5.74, 6) is 0.357. The third-order valence-electron chi connectivity index (χ3n) is 3.56. The van der Waals surface area contributed by atoms with Crippen molar-refractivity contribution in [2.45, 2.75) is 38.0 Å². The Balaban J connectivity index is 1.97. The maximum atomic E-state index is 10.9. The molecule has 0 amide bonds. The van der Waals surface area contributed by atoms with Gasteiger partial charge in [0.15, 0.2) is 11.5 Å². The molecule has 0 radical (unpaired) electrons. The van der Waals surface area contributed by atoms with Gasteiger partial charge in [0.05, 0.1) is 5.56 Å². The smallest absolute Gasteiger partial charge is 0.337 e. The lowest BCUT2D eigenvalue weighted by atomic mass is 9.89. The largest absolute Gasteiger partial charge is 0.478 e. The average Bonchev–Trinajstić information content (AvgIpc) is 2.82. The summed E-state index contributed by atoms with van der Waals surface area (Å²) in [6.07, 6.45) is 7.58. The van der Waals surface area contributed by atoms with Gasteiger partial charge in [-0.2, -0.15) is 5.10 Å². The van der Waals surface area contributed by atoms with Gasteiger partial charge in [0, 0.05) is 12.1 Å². The Labute approximate surface area is 104 Å². The first-order chi connectivity index (χ1) is 8.74. The van der Waals surface area contributed by atoms with E-state index in [4.69, 9.17) is 5.11 Å². The second kappa shape index (κ2) is 4.40. The van der Waals surface area contributed by atoms with Crippen LogP contribution in [0.3, 0.4) is 0 Å². The number of hydrogen-bond acceptors (Lipinski definition) is 3. The van der Waals surface area contributed by atoms with Crippen molar-refractivity contribution in [3.63, 3.8) is 0 Å². The number of fused-ring (bicyclic) bond motifs is 1. The Morgan fingerprint density at radius 2 is 2.06 bits per heavy atom. The number of carbonyl (C=O) groups is 1. The van der Waals surface area contributed by atoms with Gasteiger partial charge in [-0.1, -0.05) is 19.3 Å². The Hall–Kier alpha value is -1.91. The molecule has 1 fully saturated rings. The van der Waals surface area contributed by atoms with Gasteiger partial charge in [-0.25, -0.2) is 14.3 Å². The van der Waals surface area contributed by atoms with Crippen LogP contribution in [-0.2, 0) is 0 Å². The second-order valence-corrected chi connectivity index (χ2v) is 4.83. The lowest BCUT2D eigenvalue weighted by molar-refractivity contribution is 0.0696. The number of hydrogen-bond donors (Lipinski definition) is 1. The summed E-state index contributed by atoms with van der Waals surface area (Å²) in [7, 11) is 0. The summed E-state index contributed by atoms with van der Waals surface area (Å²) in [6.45, 7) is 0. The van der Waals surface area contributed by atoms with E-state index >= 15 is 0 Å². The molecular formula is C13H15N3O2. The van der Waals surface area contributed by atoms with Crippen LogP contribution in [0, 0.1) is 0 Å². The molecule has 0 saturated heterocycles. The van der Waals surface area contributed by atoms with E-state index in [9.17, 15) is 4.79 Å². The van der Waals surface area contributed by atoms with E-state index < -0.39 is 5.97 Å². The van der Waals surface area contributed by atoms with Crippen molar-refractivity contribution in [3.05, 3.63) is 29.7 Å². The molecule has 1 aliphatic rings. The van der Waals surface area contributed by atoms with E-state index in [2.05, 4.69) is 10.1 Å². The second-order valence-electron chi connectivity index (χ2n) is 4.83. The van der Waals surface area contributed by atoms with Crippen molar-refractivity contribution in [3.8, 4) is 0 Å². The number of aromatic nitrogens is 3. The van der Waals surface area contributed by atoms with Gasteiger partial charge in [-0.3, -0.25) is 0 Å². The van der Waals surface area contributed by atoms with Crippen LogP contribution in [0.15, 0.2) is 18.3 Å². The van der Waals surface area contributed by atoms with Crippen molar-refractivity contribution in [2.75, 3.05) is 0 Å². The Bertz CT molecular complexity index is 585. The SMILES string of the molecule is O=C(O)c1ccc2nc(C3CCCCC3)nn2c1. The third kappa shape index (κ3) is 1.96. The highest BCUT2D eigenvalue weighted by Crippen LogP contribution is 2.30. The fourth-order valence-corrected chi connectivity index (χ4v) is 2.56. The molecule has 94 valence electrons. The van der Waals surface area contributed by atoms with Gasteiger partial charge in [0.1, 0.15) is 0 Å². The molecule has 5 nitrogen and oxygen atoms in total. The topological polar surface area (TPSA) is 67.5 Å². The number of rotatable bonds is 2. The lowest BCUT2D eigenvalue weighted by Crippen LogP contribution is -2.06. The Morgan fingerprint density at radius 3 is 2.78 bits per heavy atom. The normalized spacial score (nSPS) is 17.1. The molecule has 5 heteroatoms. The highest BCUT2D eigenvalue weighted by Gasteiger charge is 2.20. The lowest BCUT2D eigenvalue weighted by Gasteiger charge is -2.17. The van der Waals surface area contributed by atoms with Crippen molar-refractivity contribution in [1.82, 2.24) is 14.6 Å². The van der Waals surface area contributed by atoms with Gasteiger partial charge >= 0.3 is 5.97 Å². The fraction of sp³-hybridized carbons (Fsp3) is 0.462. The minimum absolute atomic E-state index is 0.239. The van der Waals surface area contributed by atoms with E-state index in [1.807, 2.05) is 0 Å². The van der Waals surface area contributed by atoms with Crippen molar-refractivity contribution in [2.24, 2.45) is 0 Å². The summed E-state index contributed by atoms with van der Waals surface area (Å²) in [4.78, 5) is 15.4. The number of pyridine rings is 1. The summed E-state index contributed by atoms with van der Waals surface area (Å²) < 4.78 is 1.58. The number of aromatic carboxylic acids is 1. The molecule has 0 aromatic carbocycles. The molecule has 0 atom stereocenters. The first-order valence-electron chi connectivity index (χ1n) is 6.33. The van der Waals surface area contributed by atoms with Crippen LogP contribution in [0.5, 0.6) is 0 Å². The Morgan fingerprint density at radius 1 is 1.28 bits per heavy atom. The van der Waals surface area contributed by atoms with Crippen LogP contribution >= 0.6 is 0 Å². The molecule has 3 rings (SSSR count). The fourth-order valence-electron chi connectivity index (χ4n) is 2.56. The monoisotopic (exact) mass is 245 g/mol. The van der Waals surface area contributed by atoms with Gasteiger partial charge in [-0.15, -0.1) is 0 Å². The van der Waals surface area contributed by atoms with E-state index in [1.54, 1.807) is 16.6 Å². The van der Waals surface area contributed by atoms with Crippen LogP contribution < -0.4 is 0 Å². The summed E-state index contributed by atoms with van der Waals surface area (Å²) in [6, 6.07) is 3.28. The average molecular weight is 245 g/mol. The zero-order chi connectivity index (χ0) is 12.5. The molecule has 0 bridgehead atoms. The molecule has 0 aliphatic heterocycles. The molecule has 18 heavy (non-hydrogen) atoms. The maximum absolute atomic E-state index is 10.9. The molecule has 2 heterocycles. The zero-order valence-corrected chi connectivity index (χ0v) is 10.0. The van der Waals surface area contributed by atoms with E-state index in [-0.39, 0.29) is 5.56 Å². The summed E-state index contributed by atoms with van der Waals surface area (Å²) >= 11 is 0. The number of carboxylic acids is 1. The van der Waals surface area contributed by atoms with Gasteiger partial charge in [0.2, 0.25) is 0 Å². The van der Waals surface area contributed by atoms with Gasteiger partial charge < -0.3 is 5.11 Å². The number of nitrogens with zero attached hydrogens (tertiary/aromatic N) is 3. The van der Waals surface area contributed by atoms with Crippen molar-refractivity contribution in [1.29, 1.82) is 0 Å². The van der Waals surface area contributed by atoms with Gasteiger partial charge in [-0.05, 0) is 25.0 Å². The van der Waals surface area contributed by atoms with Crippen LogP contribution in [0.2, 0.25) is 0 Å². The molecule has 0 unspecified atom stereocenters. The van der Waals surface area contributed by atoms with Crippen LogP contribution in [-0.4, -0.2) is 25.7 Å². The molecule has 2 aromatic heterocycles. The molecule has 2 aromatic rings. The van der Waals surface area contributed by atoms with Crippen LogP contribution in [0.4, 0.5) is 0 Å². The minimum atomic E-state index is -0.938.